The van der Waals surface area contributed by atoms with Crippen LogP contribution >= 0.6 is 11.6 Å². The standard InChI is InChI=1S/C12H15ClN2O4/c13-8-2-1-3-9-19-12(16)14-10-4-6-11(7-5-10)15(17)18/h4-7H,1-3,8-9H2,(H,14,16). The number of carbonyl (C=O) groups is 1. The molecule has 0 radical (unpaired) electrons. The van der Waals surface area contributed by atoms with Gasteiger partial charge in [-0.2, -0.15) is 0 Å². The molecule has 0 fully saturated rings. The van der Waals surface area contributed by atoms with Crippen LogP contribution in [0.4, 0.5) is 16.2 Å². The van der Waals surface area contributed by atoms with Crippen LogP contribution in [0.1, 0.15) is 19.3 Å². The molecule has 6 nitrogen and oxygen atoms in total. The van der Waals surface area contributed by atoms with Crippen molar-refractivity contribution in [1.29, 1.82) is 0 Å². The van der Waals surface area contributed by atoms with Crippen molar-refractivity contribution in [2.24, 2.45) is 0 Å². The van der Waals surface area contributed by atoms with Gasteiger partial charge in [-0.3, -0.25) is 15.4 Å². The van der Waals surface area contributed by atoms with Gasteiger partial charge in [0, 0.05) is 23.7 Å². The predicted octanol–water partition coefficient (Wildman–Crippen LogP) is 3.55. The molecule has 0 atom stereocenters. The molecule has 19 heavy (non-hydrogen) atoms. The average Bonchev–Trinajstić information content (AvgIpc) is 2.39. The fraction of sp³-hybridized carbons (Fsp3) is 0.417. The summed E-state index contributed by atoms with van der Waals surface area (Å²) in [6.07, 6.45) is 2.00. The van der Waals surface area contributed by atoms with Gasteiger partial charge in [-0.25, -0.2) is 4.79 Å². The number of anilines is 1. The van der Waals surface area contributed by atoms with Gasteiger partial charge in [-0.05, 0) is 31.4 Å². The van der Waals surface area contributed by atoms with Crippen LogP contribution in [0, 0.1) is 10.1 Å². The van der Waals surface area contributed by atoms with Crippen molar-refractivity contribution in [2.75, 3.05) is 17.8 Å². The van der Waals surface area contributed by atoms with E-state index in [1.807, 2.05) is 0 Å². The van der Waals surface area contributed by atoms with Gasteiger partial charge in [0.2, 0.25) is 0 Å². The number of hydrogen-bond acceptors (Lipinski definition) is 4. The maximum absolute atomic E-state index is 11.4. The highest BCUT2D eigenvalue weighted by Gasteiger charge is 2.06. The molecule has 0 aliphatic carbocycles. The molecule has 0 bridgehead atoms. The molecule has 0 aliphatic heterocycles. The molecule has 0 spiro atoms. The summed E-state index contributed by atoms with van der Waals surface area (Å²) in [7, 11) is 0. The number of nitro groups is 1. The molecule has 7 heteroatoms. The van der Waals surface area contributed by atoms with E-state index in [4.69, 9.17) is 16.3 Å². The number of rotatable bonds is 7. The number of non-ortho nitro benzene ring substituents is 1. The Balaban J connectivity index is 2.30. The molecular formula is C12H15ClN2O4. The van der Waals surface area contributed by atoms with E-state index in [1.165, 1.54) is 24.3 Å². The van der Waals surface area contributed by atoms with E-state index in [2.05, 4.69) is 5.32 Å². The van der Waals surface area contributed by atoms with E-state index in [-0.39, 0.29) is 5.69 Å². The third kappa shape index (κ3) is 6.05. The van der Waals surface area contributed by atoms with E-state index in [9.17, 15) is 14.9 Å². The molecule has 0 unspecified atom stereocenters. The van der Waals surface area contributed by atoms with Crippen molar-refractivity contribution in [1.82, 2.24) is 0 Å². The predicted molar refractivity (Wildman–Crippen MR) is 72.6 cm³/mol. The van der Waals surface area contributed by atoms with E-state index in [1.54, 1.807) is 0 Å². The van der Waals surface area contributed by atoms with E-state index >= 15 is 0 Å². The molecule has 0 aromatic heterocycles. The lowest BCUT2D eigenvalue weighted by molar-refractivity contribution is -0.384. The molecular weight excluding hydrogens is 272 g/mol. The normalized spacial score (nSPS) is 9.95. The Morgan fingerprint density at radius 2 is 1.95 bits per heavy atom. The quantitative estimate of drug-likeness (QED) is 0.360. The second kappa shape index (κ2) is 8.31. The fourth-order valence-electron chi connectivity index (χ4n) is 1.36. The number of halogens is 1. The van der Waals surface area contributed by atoms with Gasteiger partial charge in [0.1, 0.15) is 0 Å². The number of unbranched alkanes of at least 4 members (excludes halogenated alkanes) is 2. The zero-order valence-electron chi connectivity index (χ0n) is 10.3. The lowest BCUT2D eigenvalue weighted by Gasteiger charge is -2.06. The van der Waals surface area contributed by atoms with Crippen LogP contribution in [0.25, 0.3) is 0 Å². The van der Waals surface area contributed by atoms with Gasteiger partial charge in [-0.1, -0.05) is 0 Å². The summed E-state index contributed by atoms with van der Waals surface area (Å²) in [5.41, 5.74) is 0.427. The summed E-state index contributed by atoms with van der Waals surface area (Å²) in [4.78, 5) is 21.3. The highest BCUT2D eigenvalue weighted by molar-refractivity contribution is 6.17. The monoisotopic (exact) mass is 286 g/mol. The zero-order valence-corrected chi connectivity index (χ0v) is 11.1. The van der Waals surface area contributed by atoms with Crippen LogP contribution in [-0.4, -0.2) is 23.5 Å². The number of carbonyl (C=O) groups excluding carboxylic acids is 1. The summed E-state index contributed by atoms with van der Waals surface area (Å²) in [6, 6.07) is 5.53. The minimum atomic E-state index is -0.570. The number of benzene rings is 1. The van der Waals surface area contributed by atoms with Crippen molar-refractivity contribution in [2.45, 2.75) is 19.3 Å². The number of nitro benzene ring substituents is 1. The van der Waals surface area contributed by atoms with Crippen LogP contribution < -0.4 is 5.32 Å². The Kier molecular flexibility index (Phi) is 6.67. The molecule has 1 rings (SSSR count). The number of amides is 1. The third-order valence-electron chi connectivity index (χ3n) is 2.34. The minimum absolute atomic E-state index is 0.0278. The summed E-state index contributed by atoms with van der Waals surface area (Å²) in [6.45, 7) is 0.329. The van der Waals surface area contributed by atoms with Crippen LogP contribution in [0.3, 0.4) is 0 Å². The Morgan fingerprint density at radius 1 is 1.26 bits per heavy atom. The van der Waals surface area contributed by atoms with Crippen LogP contribution in [0.15, 0.2) is 24.3 Å². The van der Waals surface area contributed by atoms with Gasteiger partial charge < -0.3 is 4.74 Å². The lowest BCUT2D eigenvalue weighted by atomic mass is 10.3. The SMILES string of the molecule is O=C(Nc1ccc([N+](=O)[O-])cc1)OCCCCCCl. The maximum Gasteiger partial charge on any atom is 0.411 e. The number of ether oxygens (including phenoxy) is 1. The molecule has 0 heterocycles. The first kappa shape index (κ1) is 15.2. The van der Waals surface area contributed by atoms with Crippen molar-refractivity contribution < 1.29 is 14.5 Å². The number of nitrogens with zero attached hydrogens (tertiary/aromatic N) is 1. The average molecular weight is 287 g/mol. The Bertz CT molecular complexity index is 422. The summed E-state index contributed by atoms with van der Waals surface area (Å²) >= 11 is 5.52. The van der Waals surface area contributed by atoms with Crippen molar-refractivity contribution in [3.63, 3.8) is 0 Å². The molecule has 1 aromatic carbocycles. The minimum Gasteiger partial charge on any atom is -0.449 e. The zero-order chi connectivity index (χ0) is 14.1. The molecule has 0 aliphatic rings. The third-order valence-corrected chi connectivity index (χ3v) is 2.60. The highest BCUT2D eigenvalue weighted by Crippen LogP contribution is 2.15. The van der Waals surface area contributed by atoms with E-state index in [0.717, 1.165) is 19.3 Å². The van der Waals surface area contributed by atoms with Gasteiger partial charge in [0.15, 0.2) is 0 Å². The Labute approximate surface area is 115 Å². The van der Waals surface area contributed by atoms with Crippen molar-refractivity contribution in [3.8, 4) is 0 Å². The second-order valence-corrected chi connectivity index (χ2v) is 4.19. The fourth-order valence-corrected chi connectivity index (χ4v) is 1.55. The smallest absolute Gasteiger partial charge is 0.411 e. The van der Waals surface area contributed by atoms with Crippen LogP contribution in [0.2, 0.25) is 0 Å². The lowest BCUT2D eigenvalue weighted by Crippen LogP contribution is -2.14. The van der Waals surface area contributed by atoms with Gasteiger partial charge in [-0.15, -0.1) is 11.6 Å². The molecule has 1 amide bonds. The van der Waals surface area contributed by atoms with Gasteiger partial charge in [0.25, 0.3) is 5.69 Å². The Morgan fingerprint density at radius 3 is 2.53 bits per heavy atom. The van der Waals surface area contributed by atoms with Crippen LogP contribution in [-0.2, 0) is 4.74 Å². The van der Waals surface area contributed by atoms with E-state index < -0.39 is 11.0 Å². The van der Waals surface area contributed by atoms with Crippen LogP contribution in [0.5, 0.6) is 0 Å². The summed E-state index contributed by atoms with van der Waals surface area (Å²) in [5.74, 6) is 0.606. The molecule has 104 valence electrons. The first-order chi connectivity index (χ1) is 9.13. The largest absolute Gasteiger partial charge is 0.449 e. The summed E-state index contributed by atoms with van der Waals surface area (Å²) in [5, 5.41) is 12.9. The highest BCUT2D eigenvalue weighted by atomic mass is 35.5. The molecule has 1 N–H and O–H groups in total. The van der Waals surface area contributed by atoms with Gasteiger partial charge >= 0.3 is 6.09 Å². The maximum atomic E-state index is 11.4. The first-order valence-electron chi connectivity index (χ1n) is 5.87. The Hall–Kier alpha value is -1.82. The van der Waals surface area contributed by atoms with Crippen molar-refractivity contribution >= 4 is 29.1 Å². The van der Waals surface area contributed by atoms with Crippen molar-refractivity contribution in [3.05, 3.63) is 34.4 Å². The van der Waals surface area contributed by atoms with Gasteiger partial charge in [0.05, 0.1) is 11.5 Å². The number of hydrogen-bond donors (Lipinski definition) is 1. The number of nitrogens with one attached hydrogen (secondary N) is 1. The number of alkyl halides is 1. The molecule has 0 saturated heterocycles. The van der Waals surface area contributed by atoms with E-state index in [0.29, 0.717) is 18.2 Å². The first-order valence-corrected chi connectivity index (χ1v) is 6.41. The summed E-state index contributed by atoms with van der Waals surface area (Å²) < 4.78 is 4.94. The molecule has 1 aromatic rings. The topological polar surface area (TPSA) is 81.5 Å². The second-order valence-electron chi connectivity index (χ2n) is 3.81. The molecule has 0 saturated carbocycles.